The van der Waals surface area contributed by atoms with Crippen LogP contribution in [0.25, 0.3) is 0 Å². The van der Waals surface area contributed by atoms with Gasteiger partial charge in [-0.05, 0) is 41.1 Å². The monoisotopic (exact) mass is 369 g/mol. The molecule has 2 heterocycles. The zero-order valence-corrected chi connectivity index (χ0v) is 13.5. The van der Waals surface area contributed by atoms with Crippen LogP contribution in [0, 0.1) is 5.82 Å². The fourth-order valence-corrected chi connectivity index (χ4v) is 4.08. The van der Waals surface area contributed by atoms with E-state index in [9.17, 15) is 14.3 Å². The lowest BCUT2D eigenvalue weighted by Crippen LogP contribution is -2.38. The first-order chi connectivity index (χ1) is 10.1. The Morgan fingerprint density at radius 1 is 1.48 bits per heavy atom. The lowest BCUT2D eigenvalue weighted by atomic mass is 9.99. The minimum atomic E-state index is -0.840. The molecule has 1 N–H and O–H groups in total. The first kappa shape index (κ1) is 14.7. The highest BCUT2D eigenvalue weighted by atomic mass is 79.9. The van der Waals surface area contributed by atoms with Crippen molar-refractivity contribution in [1.29, 1.82) is 0 Å². The van der Waals surface area contributed by atoms with Crippen molar-refractivity contribution in [1.82, 2.24) is 4.90 Å². The number of aliphatic carboxylic acids is 1. The zero-order valence-electron chi connectivity index (χ0n) is 11.1. The van der Waals surface area contributed by atoms with Gasteiger partial charge in [-0.1, -0.05) is 22.0 Å². The summed E-state index contributed by atoms with van der Waals surface area (Å²) in [5, 5.41) is 11.5. The minimum absolute atomic E-state index is 0.306. The predicted octanol–water partition coefficient (Wildman–Crippen LogP) is 3.83. The number of carboxylic acids is 1. The Balaban J connectivity index is 1.90. The van der Waals surface area contributed by atoms with E-state index in [4.69, 9.17) is 0 Å². The van der Waals surface area contributed by atoms with Crippen molar-refractivity contribution in [2.45, 2.75) is 19.0 Å². The number of carboxylic acid groups (broad SMARTS) is 1. The summed E-state index contributed by atoms with van der Waals surface area (Å²) in [5.41, 5.74) is 1.78. The van der Waals surface area contributed by atoms with E-state index in [1.54, 1.807) is 17.4 Å². The molecule has 0 spiro atoms. The molecule has 3 rings (SSSR count). The van der Waals surface area contributed by atoms with Crippen LogP contribution in [0.2, 0.25) is 0 Å². The summed E-state index contributed by atoms with van der Waals surface area (Å²) in [6.07, 6.45) is 0.857. The van der Waals surface area contributed by atoms with E-state index in [1.807, 2.05) is 16.3 Å². The molecule has 110 valence electrons. The SMILES string of the molecule is O=C(O)C1c2ccsc2CCN1Cc1ccc(F)cc1Br. The Labute approximate surface area is 134 Å². The maximum absolute atomic E-state index is 13.2. The molecule has 21 heavy (non-hydrogen) atoms. The third kappa shape index (κ3) is 2.88. The Morgan fingerprint density at radius 3 is 3.00 bits per heavy atom. The summed E-state index contributed by atoms with van der Waals surface area (Å²) in [4.78, 5) is 14.7. The fraction of sp³-hybridized carbons (Fsp3) is 0.267. The number of hydrogen-bond donors (Lipinski definition) is 1. The van der Waals surface area contributed by atoms with E-state index < -0.39 is 12.0 Å². The number of benzene rings is 1. The van der Waals surface area contributed by atoms with Gasteiger partial charge in [0.1, 0.15) is 11.9 Å². The van der Waals surface area contributed by atoms with Gasteiger partial charge in [0.25, 0.3) is 0 Å². The van der Waals surface area contributed by atoms with Crippen LogP contribution in [0.3, 0.4) is 0 Å². The largest absolute Gasteiger partial charge is 0.480 e. The van der Waals surface area contributed by atoms with Gasteiger partial charge in [0, 0.05) is 22.4 Å². The van der Waals surface area contributed by atoms with Crippen LogP contribution in [0.15, 0.2) is 34.1 Å². The Kier molecular flexibility index (Phi) is 4.10. The smallest absolute Gasteiger partial charge is 0.325 e. The van der Waals surface area contributed by atoms with Gasteiger partial charge in [0.2, 0.25) is 0 Å². The molecule has 0 saturated carbocycles. The molecule has 1 atom stereocenters. The Morgan fingerprint density at radius 2 is 2.29 bits per heavy atom. The highest BCUT2D eigenvalue weighted by Gasteiger charge is 2.33. The molecular formula is C15H13BrFNO2S. The number of fused-ring (bicyclic) bond motifs is 1. The molecule has 1 aliphatic heterocycles. The molecular weight excluding hydrogens is 357 g/mol. The van der Waals surface area contributed by atoms with Crippen LogP contribution in [-0.4, -0.2) is 22.5 Å². The molecule has 0 saturated heterocycles. The number of hydrogen-bond acceptors (Lipinski definition) is 3. The molecule has 1 aromatic heterocycles. The number of nitrogens with zero attached hydrogens (tertiary/aromatic N) is 1. The second-order valence-corrected chi connectivity index (χ2v) is 6.85. The second kappa shape index (κ2) is 5.87. The number of carbonyl (C=O) groups is 1. The number of rotatable bonds is 3. The van der Waals surface area contributed by atoms with Crippen LogP contribution < -0.4 is 0 Å². The molecule has 1 aliphatic rings. The molecule has 0 bridgehead atoms. The molecule has 2 aromatic rings. The van der Waals surface area contributed by atoms with Crippen molar-refractivity contribution in [3.8, 4) is 0 Å². The standard InChI is InChI=1S/C15H13BrFNO2S/c16-12-7-10(17)2-1-9(12)8-18-5-3-13-11(4-6-21-13)14(18)15(19)20/h1-2,4,6-7,14H,3,5,8H2,(H,19,20). The average Bonchev–Trinajstić information content (AvgIpc) is 2.89. The maximum atomic E-state index is 13.2. The predicted molar refractivity (Wildman–Crippen MR) is 82.9 cm³/mol. The van der Waals surface area contributed by atoms with Crippen molar-refractivity contribution in [3.05, 3.63) is 55.9 Å². The van der Waals surface area contributed by atoms with Crippen molar-refractivity contribution in [2.24, 2.45) is 0 Å². The topological polar surface area (TPSA) is 40.5 Å². The van der Waals surface area contributed by atoms with E-state index in [1.165, 1.54) is 12.1 Å². The lowest BCUT2D eigenvalue weighted by molar-refractivity contribution is -0.144. The van der Waals surface area contributed by atoms with Crippen LogP contribution in [0.5, 0.6) is 0 Å². The summed E-state index contributed by atoms with van der Waals surface area (Å²) in [6, 6.07) is 5.77. The Bertz CT molecular complexity index is 688. The highest BCUT2D eigenvalue weighted by Crippen LogP contribution is 2.35. The summed E-state index contributed by atoms with van der Waals surface area (Å²) >= 11 is 4.95. The molecule has 3 nitrogen and oxygen atoms in total. The fourth-order valence-electron chi connectivity index (χ4n) is 2.70. The van der Waals surface area contributed by atoms with Gasteiger partial charge < -0.3 is 5.11 Å². The lowest BCUT2D eigenvalue weighted by Gasteiger charge is -2.33. The summed E-state index contributed by atoms with van der Waals surface area (Å²) < 4.78 is 13.8. The normalized spacial score (nSPS) is 18.5. The molecule has 0 radical (unpaired) electrons. The third-order valence-electron chi connectivity index (χ3n) is 3.69. The van der Waals surface area contributed by atoms with E-state index in [0.717, 1.165) is 22.4 Å². The van der Waals surface area contributed by atoms with Crippen molar-refractivity contribution in [2.75, 3.05) is 6.54 Å². The van der Waals surface area contributed by atoms with Gasteiger partial charge >= 0.3 is 5.97 Å². The molecule has 0 amide bonds. The van der Waals surface area contributed by atoms with Gasteiger partial charge in [-0.15, -0.1) is 11.3 Å². The van der Waals surface area contributed by atoms with Gasteiger partial charge in [0.15, 0.2) is 0 Å². The summed E-state index contributed by atoms with van der Waals surface area (Å²) in [6.45, 7) is 1.17. The van der Waals surface area contributed by atoms with Gasteiger partial charge in [-0.2, -0.15) is 0 Å². The van der Waals surface area contributed by atoms with Crippen LogP contribution >= 0.6 is 27.3 Å². The average molecular weight is 370 g/mol. The zero-order chi connectivity index (χ0) is 15.0. The van der Waals surface area contributed by atoms with Crippen molar-refractivity contribution >= 4 is 33.2 Å². The summed E-state index contributed by atoms with van der Waals surface area (Å²) in [7, 11) is 0. The molecule has 6 heteroatoms. The van der Waals surface area contributed by atoms with Crippen LogP contribution in [-0.2, 0) is 17.8 Å². The quantitative estimate of drug-likeness (QED) is 0.893. The van der Waals surface area contributed by atoms with E-state index in [2.05, 4.69) is 15.9 Å². The Hall–Kier alpha value is -1.24. The minimum Gasteiger partial charge on any atom is -0.480 e. The molecule has 0 fully saturated rings. The van der Waals surface area contributed by atoms with E-state index >= 15 is 0 Å². The first-order valence-electron chi connectivity index (χ1n) is 6.53. The van der Waals surface area contributed by atoms with E-state index in [-0.39, 0.29) is 5.82 Å². The number of thiophene rings is 1. The van der Waals surface area contributed by atoms with Gasteiger partial charge in [0.05, 0.1) is 0 Å². The van der Waals surface area contributed by atoms with Crippen molar-refractivity contribution < 1.29 is 14.3 Å². The third-order valence-corrected chi connectivity index (χ3v) is 5.42. The molecule has 0 aliphatic carbocycles. The molecule has 1 aromatic carbocycles. The first-order valence-corrected chi connectivity index (χ1v) is 8.20. The van der Waals surface area contributed by atoms with E-state index in [0.29, 0.717) is 17.6 Å². The number of halogens is 2. The highest BCUT2D eigenvalue weighted by molar-refractivity contribution is 9.10. The maximum Gasteiger partial charge on any atom is 0.325 e. The summed E-state index contributed by atoms with van der Waals surface area (Å²) in [5.74, 6) is -1.15. The van der Waals surface area contributed by atoms with Gasteiger partial charge in [-0.3, -0.25) is 9.69 Å². The van der Waals surface area contributed by atoms with Gasteiger partial charge in [-0.25, -0.2) is 4.39 Å². The van der Waals surface area contributed by atoms with Crippen LogP contribution in [0.1, 0.15) is 22.0 Å². The van der Waals surface area contributed by atoms with Crippen LogP contribution in [0.4, 0.5) is 4.39 Å². The molecule has 1 unspecified atom stereocenters. The second-order valence-electron chi connectivity index (χ2n) is 5.00. The van der Waals surface area contributed by atoms with Crippen molar-refractivity contribution in [3.63, 3.8) is 0 Å².